The lowest BCUT2D eigenvalue weighted by Crippen LogP contribution is -1.87. The largest absolute Gasteiger partial charge is 0.506 e. The lowest BCUT2D eigenvalue weighted by molar-refractivity contribution is 0.478. The lowest BCUT2D eigenvalue weighted by Gasteiger charge is -2.04. The van der Waals surface area contributed by atoms with E-state index in [2.05, 4.69) is 15.5 Å². The Labute approximate surface area is 75.2 Å². The number of rotatable bonds is 2. The second-order valence-electron chi connectivity index (χ2n) is 2.63. The molecule has 0 radical (unpaired) electrons. The summed E-state index contributed by atoms with van der Waals surface area (Å²) >= 11 is 0. The van der Waals surface area contributed by atoms with Gasteiger partial charge >= 0.3 is 0 Å². The Kier molecular flexibility index (Phi) is 1.88. The molecule has 2 aromatic rings. The van der Waals surface area contributed by atoms with Crippen molar-refractivity contribution >= 4 is 11.4 Å². The Morgan fingerprint density at radius 3 is 2.85 bits per heavy atom. The van der Waals surface area contributed by atoms with Crippen LogP contribution in [0, 0.1) is 0 Å². The number of anilines is 2. The minimum Gasteiger partial charge on any atom is -0.506 e. The quantitative estimate of drug-likeness (QED) is 0.610. The molecule has 0 saturated heterocycles. The number of H-pyrrole nitrogens is 1. The van der Waals surface area contributed by atoms with Crippen LogP contribution in [0.3, 0.4) is 0 Å². The van der Waals surface area contributed by atoms with Gasteiger partial charge in [0.05, 0.1) is 17.6 Å². The molecule has 0 aliphatic heterocycles. The van der Waals surface area contributed by atoms with E-state index in [0.717, 1.165) is 5.69 Å². The second kappa shape index (κ2) is 3.18. The van der Waals surface area contributed by atoms with Gasteiger partial charge in [-0.1, -0.05) is 12.1 Å². The highest BCUT2D eigenvalue weighted by Crippen LogP contribution is 2.24. The number of nitrogens with zero attached hydrogens (tertiary/aromatic N) is 1. The lowest BCUT2D eigenvalue weighted by atomic mass is 10.3. The van der Waals surface area contributed by atoms with Crippen LogP contribution in [0.15, 0.2) is 36.7 Å². The summed E-state index contributed by atoms with van der Waals surface area (Å²) < 4.78 is 0. The van der Waals surface area contributed by atoms with Crippen LogP contribution < -0.4 is 5.32 Å². The predicted octanol–water partition coefficient (Wildman–Crippen LogP) is 1.86. The Morgan fingerprint density at radius 2 is 2.15 bits per heavy atom. The number of aromatic hydroxyl groups is 1. The molecule has 0 atom stereocenters. The summed E-state index contributed by atoms with van der Waals surface area (Å²) in [5, 5.41) is 18.9. The molecule has 0 aliphatic carbocycles. The molecule has 2 rings (SSSR count). The number of phenols is 1. The van der Waals surface area contributed by atoms with Gasteiger partial charge in [0.15, 0.2) is 0 Å². The van der Waals surface area contributed by atoms with E-state index in [9.17, 15) is 5.11 Å². The first-order valence-electron chi connectivity index (χ1n) is 3.90. The highest BCUT2D eigenvalue weighted by molar-refractivity contribution is 5.64. The van der Waals surface area contributed by atoms with Gasteiger partial charge < -0.3 is 10.4 Å². The fourth-order valence-corrected chi connectivity index (χ4v) is 1.05. The first-order valence-corrected chi connectivity index (χ1v) is 3.90. The second-order valence-corrected chi connectivity index (χ2v) is 2.63. The molecule has 13 heavy (non-hydrogen) atoms. The van der Waals surface area contributed by atoms with Crippen LogP contribution in [0.4, 0.5) is 11.4 Å². The summed E-state index contributed by atoms with van der Waals surface area (Å²) in [7, 11) is 0. The first kappa shape index (κ1) is 7.67. The van der Waals surface area contributed by atoms with Gasteiger partial charge in [0.1, 0.15) is 5.75 Å². The van der Waals surface area contributed by atoms with Crippen LogP contribution in [0.2, 0.25) is 0 Å². The number of hydrogen-bond donors (Lipinski definition) is 3. The molecule has 0 saturated carbocycles. The summed E-state index contributed by atoms with van der Waals surface area (Å²) in [5.41, 5.74) is 1.49. The third-order valence-corrected chi connectivity index (χ3v) is 1.68. The van der Waals surface area contributed by atoms with E-state index >= 15 is 0 Å². The SMILES string of the molecule is Oc1ccccc1Nc1cn[nH]c1. The minimum absolute atomic E-state index is 0.226. The highest BCUT2D eigenvalue weighted by Gasteiger charge is 1.99. The zero-order valence-electron chi connectivity index (χ0n) is 6.86. The van der Waals surface area contributed by atoms with Gasteiger partial charge in [-0.2, -0.15) is 5.10 Å². The summed E-state index contributed by atoms with van der Waals surface area (Å²) in [6, 6.07) is 7.04. The Balaban J connectivity index is 2.24. The standard InChI is InChI=1S/C9H9N3O/c13-9-4-2-1-3-8(9)12-7-5-10-11-6-7/h1-6,12-13H,(H,10,11). The summed E-state index contributed by atoms with van der Waals surface area (Å²) in [5.74, 6) is 0.226. The summed E-state index contributed by atoms with van der Waals surface area (Å²) in [6.07, 6.45) is 3.36. The molecular weight excluding hydrogens is 166 g/mol. The van der Waals surface area contributed by atoms with Crippen molar-refractivity contribution in [1.29, 1.82) is 0 Å². The molecule has 1 heterocycles. The number of hydrogen-bond acceptors (Lipinski definition) is 3. The van der Waals surface area contributed by atoms with Gasteiger partial charge in [-0.3, -0.25) is 5.10 Å². The number of aromatic amines is 1. The number of benzene rings is 1. The Morgan fingerprint density at radius 1 is 1.31 bits per heavy atom. The van der Waals surface area contributed by atoms with Crippen molar-refractivity contribution in [3.63, 3.8) is 0 Å². The van der Waals surface area contributed by atoms with Gasteiger partial charge in [0.2, 0.25) is 0 Å². The molecule has 0 aliphatic rings. The van der Waals surface area contributed by atoms with Crippen molar-refractivity contribution in [3.05, 3.63) is 36.7 Å². The Hall–Kier alpha value is -1.97. The van der Waals surface area contributed by atoms with Crippen molar-refractivity contribution < 1.29 is 5.11 Å². The average molecular weight is 175 g/mol. The zero-order valence-corrected chi connectivity index (χ0v) is 6.86. The molecule has 3 N–H and O–H groups in total. The molecule has 0 spiro atoms. The Bertz CT molecular complexity index is 384. The van der Waals surface area contributed by atoms with E-state index in [4.69, 9.17) is 0 Å². The van der Waals surface area contributed by atoms with Crippen molar-refractivity contribution in [2.45, 2.75) is 0 Å². The third-order valence-electron chi connectivity index (χ3n) is 1.68. The summed E-state index contributed by atoms with van der Waals surface area (Å²) in [4.78, 5) is 0. The van der Waals surface area contributed by atoms with Crippen LogP contribution in [0.25, 0.3) is 0 Å². The highest BCUT2D eigenvalue weighted by atomic mass is 16.3. The van der Waals surface area contributed by atoms with Crippen LogP contribution >= 0.6 is 0 Å². The van der Waals surface area contributed by atoms with E-state index < -0.39 is 0 Å². The van der Waals surface area contributed by atoms with Gasteiger partial charge in [-0.15, -0.1) is 0 Å². The minimum atomic E-state index is 0.226. The van der Waals surface area contributed by atoms with Crippen molar-refractivity contribution in [3.8, 4) is 5.75 Å². The van der Waals surface area contributed by atoms with Gasteiger partial charge in [-0.25, -0.2) is 0 Å². The van der Waals surface area contributed by atoms with Crippen molar-refractivity contribution in [1.82, 2.24) is 10.2 Å². The van der Waals surface area contributed by atoms with Crippen molar-refractivity contribution in [2.24, 2.45) is 0 Å². The topological polar surface area (TPSA) is 60.9 Å². The zero-order chi connectivity index (χ0) is 9.10. The van der Waals surface area contributed by atoms with Crippen LogP contribution in [0.1, 0.15) is 0 Å². The smallest absolute Gasteiger partial charge is 0.139 e. The summed E-state index contributed by atoms with van der Waals surface area (Å²) in [6.45, 7) is 0. The van der Waals surface area contributed by atoms with Crippen LogP contribution in [0.5, 0.6) is 5.75 Å². The number of aromatic nitrogens is 2. The number of phenolic OH excluding ortho intramolecular Hbond substituents is 1. The maximum Gasteiger partial charge on any atom is 0.139 e. The number of nitrogens with one attached hydrogen (secondary N) is 2. The molecule has 0 fully saturated rings. The monoisotopic (exact) mass is 175 g/mol. The fourth-order valence-electron chi connectivity index (χ4n) is 1.05. The molecule has 0 amide bonds. The maximum atomic E-state index is 9.42. The van der Waals surface area contributed by atoms with Crippen molar-refractivity contribution in [2.75, 3.05) is 5.32 Å². The molecule has 4 nitrogen and oxygen atoms in total. The van der Waals surface area contributed by atoms with E-state index in [0.29, 0.717) is 5.69 Å². The molecule has 0 unspecified atom stereocenters. The first-order chi connectivity index (χ1) is 6.36. The molecular formula is C9H9N3O. The molecule has 0 bridgehead atoms. The predicted molar refractivity (Wildman–Crippen MR) is 50.0 cm³/mol. The molecule has 1 aromatic carbocycles. The van der Waals surface area contributed by atoms with Crippen LogP contribution in [-0.2, 0) is 0 Å². The van der Waals surface area contributed by atoms with Gasteiger partial charge in [0.25, 0.3) is 0 Å². The van der Waals surface area contributed by atoms with E-state index in [1.807, 2.05) is 6.07 Å². The molecule has 4 heteroatoms. The van der Waals surface area contributed by atoms with Crippen LogP contribution in [-0.4, -0.2) is 15.3 Å². The van der Waals surface area contributed by atoms with Gasteiger partial charge in [0, 0.05) is 6.20 Å². The fraction of sp³-hybridized carbons (Fsp3) is 0. The number of para-hydroxylation sites is 2. The molecule has 1 aromatic heterocycles. The normalized spacial score (nSPS) is 9.85. The molecule has 66 valence electrons. The third kappa shape index (κ3) is 1.61. The van der Waals surface area contributed by atoms with E-state index in [1.165, 1.54) is 0 Å². The van der Waals surface area contributed by atoms with E-state index in [1.54, 1.807) is 30.6 Å². The van der Waals surface area contributed by atoms with E-state index in [-0.39, 0.29) is 5.75 Å². The average Bonchev–Trinajstić information content (AvgIpc) is 2.61. The van der Waals surface area contributed by atoms with Gasteiger partial charge in [-0.05, 0) is 12.1 Å². The maximum absolute atomic E-state index is 9.42.